The van der Waals surface area contributed by atoms with Crippen molar-refractivity contribution in [2.45, 2.75) is 51.2 Å². The van der Waals surface area contributed by atoms with Crippen molar-refractivity contribution in [2.24, 2.45) is 7.05 Å². The molecule has 0 aromatic carbocycles. The standard InChI is InChI=1S/C15H24N4O/c1-15(2,3)14-12(10-19(4)18-14)13(8-16)17-9-11-6-5-7-20-11/h10-11,13,17H,5-7,9H2,1-4H3. The molecule has 0 amide bonds. The van der Waals surface area contributed by atoms with E-state index in [4.69, 9.17) is 4.74 Å². The van der Waals surface area contributed by atoms with Crippen LogP contribution in [0.1, 0.15) is 50.9 Å². The van der Waals surface area contributed by atoms with Crippen LogP contribution < -0.4 is 5.32 Å². The smallest absolute Gasteiger partial charge is 0.124 e. The van der Waals surface area contributed by atoms with Gasteiger partial charge < -0.3 is 4.74 Å². The summed E-state index contributed by atoms with van der Waals surface area (Å²) in [5.74, 6) is 0. The zero-order valence-electron chi connectivity index (χ0n) is 12.8. The first-order valence-electron chi connectivity index (χ1n) is 7.20. The van der Waals surface area contributed by atoms with E-state index >= 15 is 0 Å². The second kappa shape index (κ2) is 5.94. The largest absolute Gasteiger partial charge is 0.377 e. The molecule has 5 heteroatoms. The number of hydrogen-bond donors (Lipinski definition) is 1. The van der Waals surface area contributed by atoms with Crippen LogP contribution in [0.15, 0.2) is 6.20 Å². The normalized spacial score (nSPS) is 20.9. The summed E-state index contributed by atoms with van der Waals surface area (Å²) >= 11 is 0. The van der Waals surface area contributed by atoms with Crippen molar-refractivity contribution in [2.75, 3.05) is 13.2 Å². The third-order valence-electron chi connectivity index (χ3n) is 3.58. The van der Waals surface area contributed by atoms with Gasteiger partial charge in [0.05, 0.1) is 17.9 Å². The van der Waals surface area contributed by atoms with E-state index in [1.165, 1.54) is 0 Å². The Kier molecular flexibility index (Phi) is 4.46. The zero-order chi connectivity index (χ0) is 14.8. The molecule has 2 rings (SSSR count). The minimum atomic E-state index is -0.331. The van der Waals surface area contributed by atoms with Gasteiger partial charge in [-0.05, 0) is 12.8 Å². The van der Waals surface area contributed by atoms with Crippen molar-refractivity contribution < 1.29 is 4.74 Å². The molecule has 1 aliphatic heterocycles. The lowest BCUT2D eigenvalue weighted by Crippen LogP contribution is -2.30. The molecule has 2 unspecified atom stereocenters. The van der Waals surface area contributed by atoms with E-state index in [-0.39, 0.29) is 17.6 Å². The van der Waals surface area contributed by atoms with Gasteiger partial charge in [0.1, 0.15) is 6.04 Å². The van der Waals surface area contributed by atoms with Gasteiger partial charge >= 0.3 is 0 Å². The number of nitrogens with one attached hydrogen (secondary N) is 1. The van der Waals surface area contributed by atoms with Crippen LogP contribution in [-0.2, 0) is 17.2 Å². The highest BCUT2D eigenvalue weighted by Crippen LogP contribution is 2.28. The fourth-order valence-corrected chi connectivity index (χ4v) is 2.58. The van der Waals surface area contributed by atoms with Gasteiger partial charge in [-0.3, -0.25) is 10.00 Å². The molecule has 2 heterocycles. The van der Waals surface area contributed by atoms with E-state index < -0.39 is 0 Å². The quantitative estimate of drug-likeness (QED) is 0.914. The Morgan fingerprint density at radius 3 is 2.90 bits per heavy atom. The van der Waals surface area contributed by atoms with Crippen molar-refractivity contribution in [3.8, 4) is 6.07 Å². The van der Waals surface area contributed by atoms with Gasteiger partial charge in [0.15, 0.2) is 0 Å². The van der Waals surface area contributed by atoms with Gasteiger partial charge in [0.2, 0.25) is 0 Å². The third-order valence-corrected chi connectivity index (χ3v) is 3.58. The van der Waals surface area contributed by atoms with Crippen molar-refractivity contribution in [3.05, 3.63) is 17.5 Å². The Bertz CT molecular complexity index is 489. The summed E-state index contributed by atoms with van der Waals surface area (Å²) in [6, 6.07) is 2.02. The zero-order valence-corrected chi connectivity index (χ0v) is 12.8. The van der Waals surface area contributed by atoms with Crippen LogP contribution in [0.4, 0.5) is 0 Å². The van der Waals surface area contributed by atoms with Gasteiger partial charge in [-0.2, -0.15) is 10.4 Å². The maximum absolute atomic E-state index is 9.46. The molecular weight excluding hydrogens is 252 g/mol. The molecule has 1 fully saturated rings. The highest BCUT2D eigenvalue weighted by atomic mass is 16.5. The molecule has 0 aliphatic carbocycles. The lowest BCUT2D eigenvalue weighted by atomic mass is 9.88. The first kappa shape index (κ1) is 15.0. The van der Waals surface area contributed by atoms with Crippen molar-refractivity contribution >= 4 is 0 Å². The molecule has 20 heavy (non-hydrogen) atoms. The van der Waals surface area contributed by atoms with Gasteiger partial charge in [-0.15, -0.1) is 0 Å². The van der Waals surface area contributed by atoms with E-state index in [0.29, 0.717) is 0 Å². The molecule has 1 aromatic heterocycles. The second-order valence-electron chi connectivity index (χ2n) is 6.46. The molecule has 0 saturated carbocycles. The number of hydrogen-bond acceptors (Lipinski definition) is 4. The summed E-state index contributed by atoms with van der Waals surface area (Å²) in [5.41, 5.74) is 1.88. The maximum atomic E-state index is 9.46. The van der Waals surface area contributed by atoms with Gasteiger partial charge in [0.25, 0.3) is 0 Å². The molecule has 1 aromatic rings. The monoisotopic (exact) mass is 276 g/mol. The van der Waals surface area contributed by atoms with E-state index in [0.717, 1.165) is 37.3 Å². The fourth-order valence-electron chi connectivity index (χ4n) is 2.58. The SMILES string of the molecule is Cn1cc(C(C#N)NCC2CCCO2)c(C(C)(C)C)n1. The van der Waals surface area contributed by atoms with Crippen molar-refractivity contribution in [1.82, 2.24) is 15.1 Å². The minimum Gasteiger partial charge on any atom is -0.377 e. The van der Waals surface area contributed by atoms with E-state index in [1.54, 1.807) is 4.68 Å². The molecule has 1 N–H and O–H groups in total. The summed E-state index contributed by atoms with van der Waals surface area (Å²) in [7, 11) is 1.90. The average Bonchev–Trinajstić information content (AvgIpc) is 2.99. The van der Waals surface area contributed by atoms with Crippen LogP contribution in [0.3, 0.4) is 0 Å². The Balaban J connectivity index is 2.13. The lowest BCUT2D eigenvalue weighted by molar-refractivity contribution is 0.109. The topological polar surface area (TPSA) is 62.9 Å². The molecule has 0 spiro atoms. The lowest BCUT2D eigenvalue weighted by Gasteiger charge is -2.21. The molecule has 0 radical (unpaired) electrons. The highest BCUT2D eigenvalue weighted by Gasteiger charge is 2.27. The predicted molar refractivity (Wildman–Crippen MR) is 77.2 cm³/mol. The molecule has 0 bridgehead atoms. The van der Waals surface area contributed by atoms with E-state index in [2.05, 4.69) is 37.3 Å². The number of nitrogens with zero attached hydrogens (tertiary/aromatic N) is 3. The van der Waals surface area contributed by atoms with E-state index in [1.807, 2.05) is 13.2 Å². The van der Waals surface area contributed by atoms with Gasteiger partial charge in [-0.1, -0.05) is 20.8 Å². The van der Waals surface area contributed by atoms with Crippen molar-refractivity contribution in [3.63, 3.8) is 0 Å². The second-order valence-corrected chi connectivity index (χ2v) is 6.46. The van der Waals surface area contributed by atoms with Gasteiger partial charge in [-0.25, -0.2) is 0 Å². The average molecular weight is 276 g/mol. The van der Waals surface area contributed by atoms with Crippen LogP contribution in [0.5, 0.6) is 0 Å². The number of rotatable bonds is 4. The summed E-state index contributed by atoms with van der Waals surface area (Å²) in [6.07, 6.45) is 4.37. The van der Waals surface area contributed by atoms with Gasteiger partial charge in [0, 0.05) is 37.4 Å². The summed E-state index contributed by atoms with van der Waals surface area (Å²) in [6.45, 7) is 7.91. The van der Waals surface area contributed by atoms with Crippen LogP contribution >= 0.6 is 0 Å². The van der Waals surface area contributed by atoms with Crippen molar-refractivity contribution in [1.29, 1.82) is 5.26 Å². The number of nitriles is 1. The molecular formula is C15H24N4O. The molecule has 2 atom stereocenters. The Hall–Kier alpha value is -1.38. The fraction of sp³-hybridized carbons (Fsp3) is 0.733. The molecule has 110 valence electrons. The molecule has 1 aliphatic rings. The number of ether oxygens (including phenoxy) is 1. The molecule has 1 saturated heterocycles. The molecule has 5 nitrogen and oxygen atoms in total. The first-order valence-corrected chi connectivity index (χ1v) is 7.20. The third kappa shape index (κ3) is 3.38. The van der Waals surface area contributed by atoms with Crippen LogP contribution in [-0.4, -0.2) is 29.0 Å². The van der Waals surface area contributed by atoms with Crippen LogP contribution in [0, 0.1) is 11.3 Å². The number of aryl methyl sites for hydroxylation is 1. The first-order chi connectivity index (χ1) is 9.41. The Morgan fingerprint density at radius 2 is 2.35 bits per heavy atom. The van der Waals surface area contributed by atoms with E-state index in [9.17, 15) is 5.26 Å². The number of aromatic nitrogens is 2. The summed E-state index contributed by atoms with van der Waals surface area (Å²) < 4.78 is 7.38. The van der Waals surface area contributed by atoms with Crippen LogP contribution in [0.25, 0.3) is 0 Å². The maximum Gasteiger partial charge on any atom is 0.124 e. The summed E-state index contributed by atoms with van der Waals surface area (Å²) in [5, 5.41) is 17.3. The summed E-state index contributed by atoms with van der Waals surface area (Å²) in [4.78, 5) is 0. The Labute approximate surface area is 120 Å². The minimum absolute atomic E-state index is 0.0722. The predicted octanol–water partition coefficient (Wildman–Crippen LogP) is 2.05. The highest BCUT2D eigenvalue weighted by molar-refractivity contribution is 5.31. The Morgan fingerprint density at radius 1 is 1.60 bits per heavy atom. The van der Waals surface area contributed by atoms with Crippen LogP contribution in [0.2, 0.25) is 0 Å².